The number of nitrogens with zero attached hydrogens (tertiary/aromatic N) is 1. The summed E-state index contributed by atoms with van der Waals surface area (Å²) >= 11 is 12.8. The molecule has 1 aliphatic heterocycles. The molecule has 0 atom stereocenters. The Balaban J connectivity index is 1.88. The monoisotopic (exact) mass is 375 g/mol. The van der Waals surface area contributed by atoms with E-state index in [1.165, 1.54) is 16.7 Å². The SMILES string of the molecule is CCOc1ccc(N2C(=O)/C(=C\c3ccccc3Cl)SC2=S)cc1. The van der Waals surface area contributed by atoms with E-state index in [0.717, 1.165) is 17.0 Å². The first-order chi connectivity index (χ1) is 11.6. The molecule has 0 saturated carbocycles. The lowest BCUT2D eigenvalue weighted by Crippen LogP contribution is -2.27. The van der Waals surface area contributed by atoms with Gasteiger partial charge in [-0.05, 0) is 48.9 Å². The fraction of sp³-hybridized carbons (Fsp3) is 0.111. The van der Waals surface area contributed by atoms with Gasteiger partial charge in [-0.25, -0.2) is 0 Å². The standard InChI is InChI=1S/C18H14ClNO2S2/c1-2-22-14-9-7-13(8-10-14)20-17(21)16(24-18(20)23)11-12-5-3-4-6-15(12)19/h3-11H,2H2,1H3/b16-11+. The number of thioether (sulfide) groups is 1. The van der Waals surface area contributed by atoms with Gasteiger partial charge in [0.2, 0.25) is 0 Å². The third-order valence-corrected chi connectivity index (χ3v) is 5.04. The van der Waals surface area contributed by atoms with Crippen LogP contribution >= 0.6 is 35.6 Å². The van der Waals surface area contributed by atoms with Crippen molar-refractivity contribution in [2.24, 2.45) is 0 Å². The van der Waals surface area contributed by atoms with Gasteiger partial charge < -0.3 is 4.74 Å². The lowest BCUT2D eigenvalue weighted by molar-refractivity contribution is -0.113. The second-order valence-electron chi connectivity index (χ2n) is 4.97. The molecule has 0 radical (unpaired) electrons. The number of amides is 1. The zero-order valence-electron chi connectivity index (χ0n) is 12.9. The van der Waals surface area contributed by atoms with Gasteiger partial charge in [0, 0.05) is 5.02 Å². The van der Waals surface area contributed by atoms with Crippen LogP contribution in [-0.2, 0) is 4.79 Å². The number of anilines is 1. The molecule has 1 fully saturated rings. The number of carbonyl (C=O) groups is 1. The molecule has 2 aromatic carbocycles. The summed E-state index contributed by atoms with van der Waals surface area (Å²) < 4.78 is 5.93. The number of hydrogen-bond donors (Lipinski definition) is 0. The van der Waals surface area contributed by atoms with Crippen molar-refractivity contribution in [3.63, 3.8) is 0 Å². The highest BCUT2D eigenvalue weighted by Gasteiger charge is 2.33. The van der Waals surface area contributed by atoms with Gasteiger partial charge in [0.25, 0.3) is 5.91 Å². The first kappa shape index (κ1) is 17.0. The second kappa shape index (κ2) is 7.38. The Morgan fingerprint density at radius 3 is 2.58 bits per heavy atom. The van der Waals surface area contributed by atoms with Crippen molar-refractivity contribution in [2.45, 2.75) is 6.92 Å². The van der Waals surface area contributed by atoms with Crippen LogP contribution in [0, 0.1) is 0 Å². The molecular weight excluding hydrogens is 362 g/mol. The largest absolute Gasteiger partial charge is 0.494 e. The molecule has 1 saturated heterocycles. The van der Waals surface area contributed by atoms with E-state index in [9.17, 15) is 4.79 Å². The van der Waals surface area contributed by atoms with E-state index in [4.69, 9.17) is 28.6 Å². The minimum Gasteiger partial charge on any atom is -0.494 e. The van der Waals surface area contributed by atoms with Crippen LogP contribution in [0.3, 0.4) is 0 Å². The fourth-order valence-electron chi connectivity index (χ4n) is 2.28. The summed E-state index contributed by atoms with van der Waals surface area (Å²) in [5.74, 6) is 0.618. The van der Waals surface area contributed by atoms with Gasteiger partial charge in [0.05, 0.1) is 17.2 Å². The van der Waals surface area contributed by atoms with E-state index in [1.807, 2.05) is 49.4 Å². The van der Waals surface area contributed by atoms with Crippen molar-refractivity contribution in [1.29, 1.82) is 0 Å². The van der Waals surface area contributed by atoms with E-state index in [1.54, 1.807) is 12.1 Å². The Labute approximate surface area is 155 Å². The molecule has 0 unspecified atom stereocenters. The van der Waals surface area contributed by atoms with E-state index < -0.39 is 0 Å². The maximum absolute atomic E-state index is 12.7. The van der Waals surface area contributed by atoms with E-state index in [2.05, 4.69) is 0 Å². The van der Waals surface area contributed by atoms with Crippen molar-refractivity contribution < 1.29 is 9.53 Å². The highest BCUT2D eigenvalue weighted by atomic mass is 35.5. The van der Waals surface area contributed by atoms with Crippen molar-refractivity contribution in [3.8, 4) is 5.75 Å². The molecule has 3 rings (SSSR count). The Morgan fingerprint density at radius 2 is 1.92 bits per heavy atom. The van der Waals surface area contributed by atoms with E-state index in [0.29, 0.717) is 20.9 Å². The number of carbonyl (C=O) groups excluding carboxylic acids is 1. The lowest BCUT2D eigenvalue weighted by Gasteiger charge is -2.15. The average molecular weight is 376 g/mol. The van der Waals surface area contributed by atoms with Gasteiger partial charge in [-0.3, -0.25) is 9.69 Å². The number of benzene rings is 2. The molecule has 0 spiro atoms. The summed E-state index contributed by atoms with van der Waals surface area (Å²) in [6.07, 6.45) is 1.77. The Bertz CT molecular complexity index is 818. The number of rotatable bonds is 4. The molecule has 1 aliphatic rings. The van der Waals surface area contributed by atoms with Crippen molar-refractivity contribution >= 4 is 57.6 Å². The molecule has 0 aliphatic carbocycles. The predicted molar refractivity (Wildman–Crippen MR) is 105 cm³/mol. The van der Waals surface area contributed by atoms with Gasteiger partial charge in [0.1, 0.15) is 5.75 Å². The van der Waals surface area contributed by atoms with Crippen LogP contribution in [-0.4, -0.2) is 16.8 Å². The first-order valence-corrected chi connectivity index (χ1v) is 8.95. The van der Waals surface area contributed by atoms with Gasteiger partial charge in [-0.2, -0.15) is 0 Å². The lowest BCUT2D eigenvalue weighted by atomic mass is 10.2. The third kappa shape index (κ3) is 3.48. The molecule has 0 N–H and O–H groups in total. The molecule has 3 nitrogen and oxygen atoms in total. The van der Waals surface area contributed by atoms with Crippen molar-refractivity contribution in [1.82, 2.24) is 0 Å². The third-order valence-electron chi connectivity index (χ3n) is 3.39. The molecule has 0 bridgehead atoms. The van der Waals surface area contributed by atoms with Crippen LogP contribution in [0.15, 0.2) is 53.4 Å². The highest BCUT2D eigenvalue weighted by molar-refractivity contribution is 8.27. The topological polar surface area (TPSA) is 29.5 Å². The molecule has 1 heterocycles. The van der Waals surface area contributed by atoms with Crippen LogP contribution in [0.5, 0.6) is 5.75 Å². The predicted octanol–water partition coefficient (Wildman–Crippen LogP) is 5.14. The van der Waals surface area contributed by atoms with Gasteiger partial charge >= 0.3 is 0 Å². The number of halogens is 1. The zero-order chi connectivity index (χ0) is 17.1. The molecule has 2 aromatic rings. The van der Waals surface area contributed by atoms with E-state index >= 15 is 0 Å². The van der Waals surface area contributed by atoms with Gasteiger partial charge in [0.15, 0.2) is 4.32 Å². The molecule has 1 amide bonds. The van der Waals surface area contributed by atoms with Crippen LogP contribution in [0.2, 0.25) is 5.02 Å². The van der Waals surface area contributed by atoms with Crippen molar-refractivity contribution in [2.75, 3.05) is 11.5 Å². The van der Waals surface area contributed by atoms with Crippen molar-refractivity contribution in [3.05, 3.63) is 64.0 Å². The van der Waals surface area contributed by atoms with Gasteiger partial charge in [-0.15, -0.1) is 0 Å². The highest BCUT2D eigenvalue weighted by Crippen LogP contribution is 2.37. The zero-order valence-corrected chi connectivity index (χ0v) is 15.3. The van der Waals surface area contributed by atoms with Gasteiger partial charge in [-0.1, -0.05) is 53.8 Å². The van der Waals surface area contributed by atoms with Crippen LogP contribution < -0.4 is 9.64 Å². The first-order valence-electron chi connectivity index (χ1n) is 7.35. The summed E-state index contributed by atoms with van der Waals surface area (Å²) in [7, 11) is 0. The molecule has 24 heavy (non-hydrogen) atoms. The second-order valence-corrected chi connectivity index (χ2v) is 7.05. The molecule has 0 aromatic heterocycles. The normalized spacial score (nSPS) is 16.1. The minimum absolute atomic E-state index is 0.144. The van der Waals surface area contributed by atoms with Crippen LogP contribution in [0.4, 0.5) is 5.69 Å². The number of hydrogen-bond acceptors (Lipinski definition) is 4. The Morgan fingerprint density at radius 1 is 1.21 bits per heavy atom. The summed E-state index contributed by atoms with van der Waals surface area (Å²) in [6, 6.07) is 14.7. The maximum atomic E-state index is 12.7. The van der Waals surface area contributed by atoms with E-state index in [-0.39, 0.29) is 5.91 Å². The molecule has 6 heteroatoms. The maximum Gasteiger partial charge on any atom is 0.270 e. The quantitative estimate of drug-likeness (QED) is 0.546. The number of thiocarbonyl (C=S) groups is 1. The smallest absolute Gasteiger partial charge is 0.270 e. The Hall–Kier alpha value is -1.82. The van der Waals surface area contributed by atoms with Crippen LogP contribution in [0.25, 0.3) is 6.08 Å². The fourth-order valence-corrected chi connectivity index (χ4v) is 3.76. The minimum atomic E-state index is -0.144. The summed E-state index contributed by atoms with van der Waals surface area (Å²) in [6.45, 7) is 2.52. The summed E-state index contributed by atoms with van der Waals surface area (Å²) in [5.41, 5.74) is 1.52. The average Bonchev–Trinajstić information content (AvgIpc) is 2.85. The molecule has 122 valence electrons. The molecular formula is C18H14ClNO2S2. The Kier molecular flexibility index (Phi) is 5.23. The summed E-state index contributed by atoms with van der Waals surface area (Å²) in [5, 5.41) is 0.601. The van der Waals surface area contributed by atoms with Crippen LogP contribution in [0.1, 0.15) is 12.5 Å². The number of ether oxygens (including phenoxy) is 1. The summed E-state index contributed by atoms with van der Waals surface area (Å²) in [4.78, 5) is 14.8.